The van der Waals surface area contributed by atoms with Crippen LogP contribution in [0.1, 0.15) is 5.69 Å². The maximum absolute atomic E-state index is 13.7. The third kappa shape index (κ3) is 3.37. The summed E-state index contributed by atoms with van der Waals surface area (Å²) < 4.78 is 53.2. The van der Waals surface area contributed by atoms with Crippen LogP contribution in [0.5, 0.6) is 0 Å². The number of nitrogens with one attached hydrogen (secondary N) is 1. The van der Waals surface area contributed by atoms with E-state index in [9.17, 15) is 17.2 Å². The van der Waals surface area contributed by atoms with Crippen molar-refractivity contribution in [2.75, 3.05) is 10.5 Å². The van der Waals surface area contributed by atoms with E-state index < -0.39 is 32.5 Å². The van der Waals surface area contributed by atoms with Gasteiger partial charge in [0.1, 0.15) is 16.8 Å². The van der Waals surface area contributed by atoms with Gasteiger partial charge in [0, 0.05) is 11.4 Å². The predicted molar refractivity (Wildman–Crippen MR) is 73.4 cm³/mol. The number of aryl methyl sites for hydroxylation is 1. The molecule has 3 N–H and O–H groups in total. The van der Waals surface area contributed by atoms with Gasteiger partial charge in [0.2, 0.25) is 5.95 Å². The van der Waals surface area contributed by atoms with Gasteiger partial charge in [-0.05, 0) is 25.1 Å². The summed E-state index contributed by atoms with van der Waals surface area (Å²) in [5.74, 6) is -3.03. The number of nitrogens with zero attached hydrogens (tertiary/aromatic N) is 2. The van der Waals surface area contributed by atoms with Crippen LogP contribution >= 0.6 is 11.6 Å². The van der Waals surface area contributed by atoms with Crippen molar-refractivity contribution in [3.8, 4) is 0 Å². The minimum atomic E-state index is -4.56. The lowest BCUT2D eigenvalue weighted by Gasteiger charge is -2.09. The molecule has 2 rings (SSSR count). The Bertz CT molecular complexity index is 771. The van der Waals surface area contributed by atoms with Gasteiger partial charge in [-0.3, -0.25) is 0 Å². The maximum atomic E-state index is 13.7. The Morgan fingerprint density at radius 3 is 2.29 bits per heavy atom. The van der Waals surface area contributed by atoms with E-state index in [0.717, 1.165) is 0 Å². The smallest absolute Gasteiger partial charge is 0.270 e. The maximum Gasteiger partial charge on any atom is 0.270 e. The molecule has 0 bridgehead atoms. The number of anilines is 2. The molecule has 2 aromatic rings. The fourth-order valence-corrected chi connectivity index (χ4v) is 2.89. The quantitative estimate of drug-likeness (QED) is 0.661. The Kier molecular flexibility index (Phi) is 3.97. The molecular weight excluding hydrogens is 326 g/mol. The van der Waals surface area contributed by atoms with Gasteiger partial charge in [0.05, 0.1) is 0 Å². The fourth-order valence-electron chi connectivity index (χ4n) is 1.58. The molecule has 1 aromatic carbocycles. The predicted octanol–water partition coefficient (Wildman–Crippen LogP) is 2.10. The van der Waals surface area contributed by atoms with Gasteiger partial charge in [-0.25, -0.2) is 31.9 Å². The first-order chi connectivity index (χ1) is 9.69. The van der Waals surface area contributed by atoms with Crippen LogP contribution in [-0.2, 0) is 10.0 Å². The van der Waals surface area contributed by atoms with E-state index in [1.165, 1.54) is 6.07 Å². The van der Waals surface area contributed by atoms with E-state index in [2.05, 4.69) is 9.97 Å². The van der Waals surface area contributed by atoms with Gasteiger partial charge in [-0.1, -0.05) is 11.6 Å². The largest absolute Gasteiger partial charge is 0.399 e. The molecule has 0 unspecified atom stereocenters. The highest BCUT2D eigenvalue weighted by Crippen LogP contribution is 2.23. The number of hydrogen-bond acceptors (Lipinski definition) is 5. The molecule has 0 fully saturated rings. The van der Waals surface area contributed by atoms with E-state index >= 15 is 0 Å². The molecule has 0 saturated heterocycles. The van der Waals surface area contributed by atoms with Gasteiger partial charge >= 0.3 is 0 Å². The number of nitrogen functional groups attached to an aromatic ring is 1. The van der Waals surface area contributed by atoms with Crippen LogP contribution in [-0.4, -0.2) is 18.4 Å². The van der Waals surface area contributed by atoms with E-state index in [0.29, 0.717) is 17.8 Å². The first-order valence-corrected chi connectivity index (χ1v) is 7.33. The SMILES string of the molecule is Cc1cc(Cl)nc(NS(=O)(=O)c2c(F)cc(N)cc2F)n1. The van der Waals surface area contributed by atoms with Gasteiger partial charge in [0.15, 0.2) is 4.90 Å². The molecule has 6 nitrogen and oxygen atoms in total. The number of halogens is 3. The standard InChI is InChI=1S/C11H9ClF2N4O2S/c1-5-2-9(12)17-11(16-5)18-21(19,20)10-7(13)3-6(15)4-8(10)14/h2-4H,15H2,1H3,(H,16,17,18). The Morgan fingerprint density at radius 2 is 1.76 bits per heavy atom. The van der Waals surface area contributed by atoms with Gasteiger partial charge in [-0.2, -0.15) is 0 Å². The van der Waals surface area contributed by atoms with E-state index in [1.807, 2.05) is 4.72 Å². The molecule has 0 amide bonds. The zero-order valence-corrected chi connectivity index (χ0v) is 12.1. The van der Waals surface area contributed by atoms with Crippen molar-refractivity contribution in [1.29, 1.82) is 0 Å². The van der Waals surface area contributed by atoms with Crippen molar-refractivity contribution in [2.24, 2.45) is 0 Å². The van der Waals surface area contributed by atoms with Gasteiger partial charge in [0.25, 0.3) is 10.0 Å². The highest BCUT2D eigenvalue weighted by atomic mass is 35.5. The molecule has 0 spiro atoms. The lowest BCUT2D eigenvalue weighted by atomic mass is 10.3. The average molecular weight is 335 g/mol. The monoisotopic (exact) mass is 334 g/mol. The molecule has 10 heteroatoms. The summed E-state index contributed by atoms with van der Waals surface area (Å²) in [7, 11) is -4.56. The van der Waals surface area contributed by atoms with Crippen LogP contribution in [0.2, 0.25) is 5.15 Å². The third-order valence-electron chi connectivity index (χ3n) is 2.34. The van der Waals surface area contributed by atoms with Crippen molar-refractivity contribution in [3.05, 3.63) is 40.7 Å². The second kappa shape index (κ2) is 5.41. The second-order valence-electron chi connectivity index (χ2n) is 4.07. The highest BCUT2D eigenvalue weighted by molar-refractivity contribution is 7.92. The zero-order chi connectivity index (χ0) is 15.8. The summed E-state index contributed by atoms with van der Waals surface area (Å²) in [6.45, 7) is 1.55. The summed E-state index contributed by atoms with van der Waals surface area (Å²) >= 11 is 5.66. The van der Waals surface area contributed by atoms with Crippen LogP contribution in [0.3, 0.4) is 0 Å². The van der Waals surface area contributed by atoms with Crippen molar-refractivity contribution in [2.45, 2.75) is 11.8 Å². The molecule has 0 aliphatic carbocycles. The average Bonchev–Trinajstić information content (AvgIpc) is 2.23. The zero-order valence-electron chi connectivity index (χ0n) is 10.6. The summed E-state index contributed by atoms with van der Waals surface area (Å²) in [6.07, 6.45) is 0. The lowest BCUT2D eigenvalue weighted by molar-refractivity contribution is 0.522. The molecule has 0 saturated carbocycles. The van der Waals surface area contributed by atoms with Crippen LogP contribution in [0, 0.1) is 18.6 Å². The Hall–Kier alpha value is -2.00. The summed E-state index contributed by atoms with van der Waals surface area (Å²) in [4.78, 5) is 6.21. The van der Waals surface area contributed by atoms with E-state index in [1.54, 1.807) is 6.92 Å². The second-order valence-corrected chi connectivity index (χ2v) is 6.08. The number of rotatable bonds is 3. The number of nitrogens with two attached hydrogens (primary N) is 1. The number of hydrogen-bond donors (Lipinski definition) is 2. The lowest BCUT2D eigenvalue weighted by Crippen LogP contribution is -2.18. The molecule has 21 heavy (non-hydrogen) atoms. The van der Waals surface area contributed by atoms with Crippen LogP contribution < -0.4 is 10.5 Å². The molecular formula is C11H9ClF2N4O2S. The first kappa shape index (κ1) is 15.4. The van der Waals surface area contributed by atoms with Crippen molar-refractivity contribution >= 4 is 33.3 Å². The molecule has 0 atom stereocenters. The molecule has 1 aromatic heterocycles. The van der Waals surface area contributed by atoms with Crippen molar-refractivity contribution in [1.82, 2.24) is 9.97 Å². The normalized spacial score (nSPS) is 11.4. The van der Waals surface area contributed by atoms with Gasteiger partial charge in [-0.15, -0.1) is 0 Å². The van der Waals surface area contributed by atoms with Crippen LogP contribution in [0.15, 0.2) is 23.1 Å². The summed E-state index contributed by atoms with van der Waals surface area (Å²) in [5.41, 5.74) is 5.37. The minimum absolute atomic E-state index is 0.0153. The first-order valence-electron chi connectivity index (χ1n) is 5.47. The Labute approximate surface area is 124 Å². The van der Waals surface area contributed by atoms with E-state index in [-0.39, 0.29) is 10.8 Å². The van der Waals surface area contributed by atoms with Crippen LogP contribution in [0.4, 0.5) is 20.4 Å². The Morgan fingerprint density at radius 1 is 1.19 bits per heavy atom. The highest BCUT2D eigenvalue weighted by Gasteiger charge is 2.25. The fraction of sp³-hybridized carbons (Fsp3) is 0.0909. The number of aromatic nitrogens is 2. The molecule has 112 valence electrons. The third-order valence-corrected chi connectivity index (χ3v) is 3.91. The molecule has 1 heterocycles. The molecule has 0 aliphatic rings. The molecule has 0 aliphatic heterocycles. The Balaban J connectivity index is 2.48. The van der Waals surface area contributed by atoms with Crippen molar-refractivity contribution < 1.29 is 17.2 Å². The van der Waals surface area contributed by atoms with Crippen molar-refractivity contribution in [3.63, 3.8) is 0 Å². The van der Waals surface area contributed by atoms with E-state index in [4.69, 9.17) is 17.3 Å². The number of sulfonamides is 1. The van der Waals surface area contributed by atoms with Gasteiger partial charge < -0.3 is 5.73 Å². The topological polar surface area (TPSA) is 98.0 Å². The minimum Gasteiger partial charge on any atom is -0.399 e. The number of benzene rings is 1. The molecule has 0 radical (unpaired) electrons. The summed E-state index contributed by atoms with van der Waals surface area (Å²) in [6, 6.07) is 2.78. The summed E-state index contributed by atoms with van der Waals surface area (Å²) in [5, 5.41) is -0.0153. The van der Waals surface area contributed by atoms with Crippen LogP contribution in [0.25, 0.3) is 0 Å².